The SMILES string of the molecule is CC1=C(C(=O)OC(=O)C=CC(=O)OC(=O)C2=C(C)CC2)CC1. The molecule has 0 aromatic heterocycles. The standard InChI is InChI=1S/C16H16O6/c1-9-3-5-11(9)15(19)21-13(17)7-8-14(18)22-16(20)12-6-4-10(12)2/h7-8H,3-6H2,1-2H3. The zero-order chi connectivity index (χ0) is 16.3. The summed E-state index contributed by atoms with van der Waals surface area (Å²) in [4.78, 5) is 45.8. The number of ether oxygens (including phenoxy) is 2. The van der Waals surface area contributed by atoms with Crippen LogP contribution in [0.15, 0.2) is 34.4 Å². The average Bonchev–Trinajstić information content (AvgIpc) is 2.41. The van der Waals surface area contributed by atoms with Crippen molar-refractivity contribution in [1.29, 1.82) is 0 Å². The van der Waals surface area contributed by atoms with E-state index in [0.29, 0.717) is 24.0 Å². The molecule has 0 amide bonds. The lowest BCUT2D eigenvalue weighted by atomic mass is 9.90. The van der Waals surface area contributed by atoms with Gasteiger partial charge in [-0.25, -0.2) is 19.2 Å². The number of rotatable bonds is 4. The van der Waals surface area contributed by atoms with Crippen molar-refractivity contribution in [2.24, 2.45) is 0 Å². The second-order valence-corrected chi connectivity index (χ2v) is 5.27. The van der Waals surface area contributed by atoms with Crippen LogP contribution in [0.3, 0.4) is 0 Å². The fourth-order valence-electron chi connectivity index (χ4n) is 2.06. The second-order valence-electron chi connectivity index (χ2n) is 5.27. The number of esters is 4. The van der Waals surface area contributed by atoms with Gasteiger partial charge in [0.25, 0.3) is 0 Å². The van der Waals surface area contributed by atoms with Gasteiger partial charge in [0.05, 0.1) is 0 Å². The molecular weight excluding hydrogens is 288 g/mol. The van der Waals surface area contributed by atoms with Gasteiger partial charge in [0, 0.05) is 23.3 Å². The Hall–Kier alpha value is -2.50. The van der Waals surface area contributed by atoms with Crippen LogP contribution in [0, 0.1) is 0 Å². The summed E-state index contributed by atoms with van der Waals surface area (Å²) in [6, 6.07) is 0. The molecule has 2 aliphatic carbocycles. The zero-order valence-electron chi connectivity index (χ0n) is 12.4. The zero-order valence-corrected chi connectivity index (χ0v) is 12.4. The third kappa shape index (κ3) is 3.58. The molecule has 0 saturated heterocycles. The minimum Gasteiger partial charge on any atom is -0.386 e. The maximum Gasteiger partial charge on any atom is 0.341 e. The fraction of sp³-hybridized carbons (Fsp3) is 0.375. The van der Waals surface area contributed by atoms with Crippen LogP contribution in [0.5, 0.6) is 0 Å². The molecular formula is C16H16O6. The second kappa shape index (κ2) is 6.51. The van der Waals surface area contributed by atoms with Gasteiger partial charge < -0.3 is 9.47 Å². The fourth-order valence-corrected chi connectivity index (χ4v) is 2.06. The third-order valence-electron chi connectivity index (χ3n) is 3.77. The number of carbonyl (C=O) groups excluding carboxylic acids is 4. The van der Waals surface area contributed by atoms with E-state index in [-0.39, 0.29) is 0 Å². The van der Waals surface area contributed by atoms with E-state index in [0.717, 1.165) is 36.1 Å². The molecule has 0 aliphatic heterocycles. The van der Waals surface area contributed by atoms with Crippen LogP contribution < -0.4 is 0 Å². The number of hydrogen-bond acceptors (Lipinski definition) is 6. The van der Waals surface area contributed by atoms with E-state index in [1.54, 1.807) is 13.8 Å². The van der Waals surface area contributed by atoms with Gasteiger partial charge in [-0.05, 0) is 39.5 Å². The Balaban J connectivity index is 1.81. The minimum atomic E-state index is -0.972. The summed E-state index contributed by atoms with van der Waals surface area (Å²) in [5.74, 6) is -3.34. The molecule has 0 aromatic carbocycles. The molecule has 0 radical (unpaired) electrons. The Kier molecular flexibility index (Phi) is 4.70. The average molecular weight is 304 g/mol. The predicted octanol–water partition coefficient (Wildman–Crippen LogP) is 1.90. The van der Waals surface area contributed by atoms with Gasteiger partial charge in [-0.1, -0.05) is 11.1 Å². The van der Waals surface area contributed by atoms with Gasteiger partial charge in [-0.2, -0.15) is 0 Å². The van der Waals surface area contributed by atoms with Gasteiger partial charge >= 0.3 is 23.9 Å². The molecule has 116 valence electrons. The highest BCUT2D eigenvalue weighted by Crippen LogP contribution is 2.28. The third-order valence-corrected chi connectivity index (χ3v) is 3.77. The van der Waals surface area contributed by atoms with Gasteiger partial charge in [0.2, 0.25) is 0 Å². The van der Waals surface area contributed by atoms with Crippen molar-refractivity contribution in [1.82, 2.24) is 0 Å². The van der Waals surface area contributed by atoms with Gasteiger partial charge in [-0.15, -0.1) is 0 Å². The molecule has 22 heavy (non-hydrogen) atoms. The summed E-state index contributed by atoms with van der Waals surface area (Å²) in [5.41, 5.74) is 2.78. The Labute approximate surface area is 127 Å². The van der Waals surface area contributed by atoms with Crippen LogP contribution in [0.4, 0.5) is 0 Å². The Morgan fingerprint density at radius 2 is 1.09 bits per heavy atom. The first kappa shape index (κ1) is 15.9. The first-order valence-corrected chi connectivity index (χ1v) is 6.96. The van der Waals surface area contributed by atoms with Crippen molar-refractivity contribution in [2.75, 3.05) is 0 Å². The lowest BCUT2D eigenvalue weighted by molar-refractivity contribution is -0.156. The maximum absolute atomic E-state index is 11.5. The van der Waals surface area contributed by atoms with E-state index in [1.807, 2.05) is 0 Å². The number of carbonyl (C=O) groups is 4. The van der Waals surface area contributed by atoms with Crippen LogP contribution in [-0.4, -0.2) is 23.9 Å². The van der Waals surface area contributed by atoms with Gasteiger partial charge in [-0.3, -0.25) is 0 Å². The molecule has 0 aromatic rings. The minimum absolute atomic E-state index is 0.493. The molecule has 6 nitrogen and oxygen atoms in total. The van der Waals surface area contributed by atoms with E-state index in [2.05, 4.69) is 9.47 Å². The van der Waals surface area contributed by atoms with E-state index >= 15 is 0 Å². The highest BCUT2D eigenvalue weighted by atomic mass is 16.6. The van der Waals surface area contributed by atoms with E-state index in [1.165, 1.54) is 0 Å². The van der Waals surface area contributed by atoms with Crippen LogP contribution >= 0.6 is 0 Å². The molecule has 0 fully saturated rings. The monoisotopic (exact) mass is 304 g/mol. The van der Waals surface area contributed by atoms with Crippen LogP contribution in [0.1, 0.15) is 39.5 Å². The predicted molar refractivity (Wildman–Crippen MR) is 75.2 cm³/mol. The van der Waals surface area contributed by atoms with Crippen molar-refractivity contribution in [3.63, 3.8) is 0 Å². The first-order chi connectivity index (χ1) is 10.4. The molecule has 0 bridgehead atoms. The lowest BCUT2D eigenvalue weighted by Crippen LogP contribution is -2.19. The van der Waals surface area contributed by atoms with Gasteiger partial charge in [0.1, 0.15) is 0 Å². The molecule has 0 unspecified atom stereocenters. The van der Waals surface area contributed by atoms with Crippen molar-refractivity contribution in [3.8, 4) is 0 Å². The lowest BCUT2D eigenvalue weighted by Gasteiger charge is -2.18. The largest absolute Gasteiger partial charge is 0.386 e. The summed E-state index contributed by atoms with van der Waals surface area (Å²) < 4.78 is 9.10. The van der Waals surface area contributed by atoms with Crippen molar-refractivity contribution >= 4 is 23.9 Å². The summed E-state index contributed by atoms with van der Waals surface area (Å²) in [6.45, 7) is 3.58. The normalized spacial score (nSPS) is 17.0. The van der Waals surface area contributed by atoms with E-state index in [9.17, 15) is 19.2 Å². The molecule has 2 rings (SSSR count). The highest BCUT2D eigenvalue weighted by Gasteiger charge is 2.24. The molecule has 0 N–H and O–H groups in total. The Morgan fingerprint density at radius 3 is 1.32 bits per heavy atom. The van der Waals surface area contributed by atoms with Crippen LogP contribution in [0.2, 0.25) is 0 Å². The number of allylic oxidation sites excluding steroid dienone is 2. The summed E-state index contributed by atoms with van der Waals surface area (Å²) in [7, 11) is 0. The first-order valence-electron chi connectivity index (χ1n) is 6.96. The van der Waals surface area contributed by atoms with Crippen molar-refractivity contribution in [2.45, 2.75) is 39.5 Å². The topological polar surface area (TPSA) is 86.7 Å². The summed E-state index contributed by atoms with van der Waals surface area (Å²) in [5, 5.41) is 0. The summed E-state index contributed by atoms with van der Waals surface area (Å²) >= 11 is 0. The van der Waals surface area contributed by atoms with E-state index in [4.69, 9.17) is 0 Å². The molecule has 0 saturated carbocycles. The van der Waals surface area contributed by atoms with Gasteiger partial charge in [0.15, 0.2) is 0 Å². The Morgan fingerprint density at radius 1 is 0.727 bits per heavy atom. The van der Waals surface area contributed by atoms with Crippen LogP contribution in [-0.2, 0) is 28.7 Å². The smallest absolute Gasteiger partial charge is 0.341 e. The molecule has 0 atom stereocenters. The quantitative estimate of drug-likeness (QED) is 0.448. The summed E-state index contributed by atoms with van der Waals surface area (Å²) in [6.07, 6.45) is 4.35. The number of hydrogen-bond donors (Lipinski definition) is 0. The highest BCUT2D eigenvalue weighted by molar-refractivity contribution is 6.04. The maximum atomic E-state index is 11.5. The molecule has 0 spiro atoms. The van der Waals surface area contributed by atoms with E-state index < -0.39 is 23.9 Å². The van der Waals surface area contributed by atoms with Crippen molar-refractivity contribution < 1.29 is 28.7 Å². The van der Waals surface area contributed by atoms with Crippen LogP contribution in [0.25, 0.3) is 0 Å². The van der Waals surface area contributed by atoms with Crippen molar-refractivity contribution in [3.05, 3.63) is 34.4 Å². The molecule has 6 heteroatoms. The molecule has 2 aliphatic rings. The Bertz CT molecular complexity index is 592. The molecule has 0 heterocycles.